The van der Waals surface area contributed by atoms with E-state index < -0.39 is 15.8 Å². The van der Waals surface area contributed by atoms with Gasteiger partial charge in [0, 0.05) is 23.1 Å². The van der Waals surface area contributed by atoms with Crippen LogP contribution in [0.15, 0.2) is 28.7 Å². The molecule has 0 spiro atoms. The van der Waals surface area contributed by atoms with E-state index in [4.69, 9.17) is 0 Å². The van der Waals surface area contributed by atoms with Crippen LogP contribution in [0.4, 0.5) is 0 Å². The van der Waals surface area contributed by atoms with Gasteiger partial charge in [0.1, 0.15) is 5.75 Å². The summed E-state index contributed by atoms with van der Waals surface area (Å²) < 4.78 is 26.2. The lowest BCUT2D eigenvalue weighted by molar-refractivity contribution is 0.102. The zero-order chi connectivity index (χ0) is 13.2. The summed E-state index contributed by atoms with van der Waals surface area (Å²) in [6, 6.07) is 6.73. The third kappa shape index (κ3) is 3.18. The van der Waals surface area contributed by atoms with Crippen LogP contribution in [0.3, 0.4) is 0 Å². The van der Waals surface area contributed by atoms with Gasteiger partial charge in [-0.3, -0.25) is 4.79 Å². The molecule has 0 unspecified atom stereocenters. The Bertz CT molecular complexity index is 533. The summed E-state index contributed by atoms with van der Waals surface area (Å²) in [5.74, 6) is -0.788. The second-order valence-corrected chi connectivity index (χ2v) is 7.18. The van der Waals surface area contributed by atoms with Gasteiger partial charge in [-0.05, 0) is 25.0 Å². The number of ketones is 1. The number of sulfonamides is 1. The van der Waals surface area contributed by atoms with Gasteiger partial charge in [-0.2, -0.15) is 0 Å². The molecule has 1 heterocycles. The van der Waals surface area contributed by atoms with Gasteiger partial charge in [0.05, 0.1) is 0 Å². The van der Waals surface area contributed by atoms with Crippen molar-refractivity contribution in [1.29, 1.82) is 0 Å². The number of hydrogen-bond donors (Lipinski definition) is 0. The molecule has 1 saturated heterocycles. The van der Waals surface area contributed by atoms with Gasteiger partial charge < -0.3 is 0 Å². The van der Waals surface area contributed by atoms with E-state index in [2.05, 4.69) is 15.9 Å². The highest BCUT2D eigenvalue weighted by Crippen LogP contribution is 2.16. The zero-order valence-corrected chi connectivity index (χ0v) is 12.2. The number of Topliss-reactive ketones (excluding diaryl/α,β-unsaturated/α-hetero) is 1. The van der Waals surface area contributed by atoms with E-state index in [0.717, 1.165) is 17.3 Å². The van der Waals surface area contributed by atoms with Crippen LogP contribution < -0.4 is 0 Å². The van der Waals surface area contributed by atoms with E-state index in [0.29, 0.717) is 18.7 Å². The van der Waals surface area contributed by atoms with E-state index in [9.17, 15) is 13.2 Å². The molecule has 0 radical (unpaired) electrons. The van der Waals surface area contributed by atoms with Crippen molar-refractivity contribution in [1.82, 2.24) is 4.31 Å². The van der Waals surface area contributed by atoms with E-state index in [1.165, 1.54) is 4.31 Å². The molecule has 1 aliphatic rings. The van der Waals surface area contributed by atoms with Crippen molar-refractivity contribution in [3.05, 3.63) is 34.3 Å². The molecule has 18 heavy (non-hydrogen) atoms. The van der Waals surface area contributed by atoms with E-state index >= 15 is 0 Å². The maximum Gasteiger partial charge on any atom is 0.221 e. The first-order chi connectivity index (χ1) is 8.49. The van der Waals surface area contributed by atoms with Crippen LogP contribution in [0.2, 0.25) is 0 Å². The van der Waals surface area contributed by atoms with Crippen molar-refractivity contribution < 1.29 is 13.2 Å². The molecule has 1 fully saturated rings. The van der Waals surface area contributed by atoms with E-state index in [1.54, 1.807) is 24.3 Å². The number of hydrogen-bond acceptors (Lipinski definition) is 3. The van der Waals surface area contributed by atoms with Crippen molar-refractivity contribution in [3.63, 3.8) is 0 Å². The minimum atomic E-state index is -3.45. The maximum atomic E-state index is 12.0. The Morgan fingerprint density at radius 2 is 1.72 bits per heavy atom. The number of carbonyl (C=O) groups is 1. The molecule has 98 valence electrons. The van der Waals surface area contributed by atoms with Crippen molar-refractivity contribution >= 4 is 31.7 Å². The van der Waals surface area contributed by atoms with Gasteiger partial charge in [-0.25, -0.2) is 12.7 Å². The van der Waals surface area contributed by atoms with Crippen LogP contribution >= 0.6 is 15.9 Å². The van der Waals surface area contributed by atoms with Crippen LogP contribution in [0.25, 0.3) is 0 Å². The highest BCUT2D eigenvalue weighted by molar-refractivity contribution is 9.10. The average Bonchev–Trinajstić information content (AvgIpc) is 2.83. The molecule has 1 aromatic rings. The van der Waals surface area contributed by atoms with Crippen molar-refractivity contribution in [2.45, 2.75) is 12.8 Å². The summed E-state index contributed by atoms with van der Waals surface area (Å²) in [5, 5.41) is 0. The summed E-state index contributed by atoms with van der Waals surface area (Å²) >= 11 is 3.27. The van der Waals surface area contributed by atoms with Crippen LogP contribution in [0.1, 0.15) is 23.2 Å². The number of benzene rings is 1. The third-order valence-corrected chi connectivity index (χ3v) is 5.25. The third-order valence-electron chi connectivity index (χ3n) is 2.94. The van der Waals surface area contributed by atoms with Gasteiger partial charge in [0.25, 0.3) is 0 Å². The molecule has 2 rings (SSSR count). The Labute approximate surface area is 115 Å². The Balaban J connectivity index is 2.09. The molecular formula is C12H14BrNO3S. The van der Waals surface area contributed by atoms with E-state index in [1.807, 2.05) is 0 Å². The zero-order valence-electron chi connectivity index (χ0n) is 9.80. The maximum absolute atomic E-state index is 12.0. The van der Waals surface area contributed by atoms with Crippen LogP contribution in [0, 0.1) is 0 Å². The summed E-state index contributed by atoms with van der Waals surface area (Å²) in [6.45, 7) is 1.08. The first kappa shape index (κ1) is 13.7. The van der Waals surface area contributed by atoms with Gasteiger partial charge in [-0.1, -0.05) is 28.1 Å². The largest absolute Gasteiger partial charge is 0.293 e. The molecule has 0 bridgehead atoms. The molecule has 1 aliphatic heterocycles. The quantitative estimate of drug-likeness (QED) is 0.793. The second-order valence-electron chi connectivity index (χ2n) is 4.29. The lowest BCUT2D eigenvalue weighted by atomic mass is 10.2. The van der Waals surface area contributed by atoms with Gasteiger partial charge in [0.2, 0.25) is 10.0 Å². The molecule has 0 aromatic heterocycles. The normalized spacial score (nSPS) is 16.9. The summed E-state index contributed by atoms with van der Waals surface area (Å²) in [7, 11) is -3.45. The van der Waals surface area contributed by atoms with Gasteiger partial charge >= 0.3 is 0 Å². The van der Waals surface area contributed by atoms with E-state index in [-0.39, 0.29) is 5.78 Å². The Morgan fingerprint density at radius 3 is 2.28 bits per heavy atom. The number of halogens is 1. The van der Waals surface area contributed by atoms with Crippen LogP contribution in [0.5, 0.6) is 0 Å². The Morgan fingerprint density at radius 1 is 1.17 bits per heavy atom. The monoisotopic (exact) mass is 331 g/mol. The topological polar surface area (TPSA) is 54.5 Å². The molecule has 0 amide bonds. The minimum Gasteiger partial charge on any atom is -0.293 e. The first-order valence-electron chi connectivity index (χ1n) is 5.76. The predicted molar refractivity (Wildman–Crippen MR) is 73.1 cm³/mol. The average molecular weight is 332 g/mol. The fraction of sp³-hybridized carbons (Fsp3) is 0.417. The molecule has 0 N–H and O–H groups in total. The van der Waals surface area contributed by atoms with Gasteiger partial charge in [-0.15, -0.1) is 0 Å². The summed E-state index contributed by atoms with van der Waals surface area (Å²) in [6.07, 6.45) is 1.76. The fourth-order valence-electron chi connectivity index (χ4n) is 1.94. The molecule has 0 saturated carbocycles. The first-order valence-corrected chi connectivity index (χ1v) is 8.16. The number of carbonyl (C=O) groups excluding carboxylic acids is 1. The molecule has 0 aliphatic carbocycles. The SMILES string of the molecule is O=C(CS(=O)(=O)N1CCCC1)c1ccc(Br)cc1. The lowest BCUT2D eigenvalue weighted by Crippen LogP contribution is -2.33. The molecule has 0 atom stereocenters. The molecule has 1 aromatic carbocycles. The second kappa shape index (κ2) is 5.50. The predicted octanol–water partition coefficient (Wildman–Crippen LogP) is 2.06. The Hall–Kier alpha value is -0.720. The van der Waals surface area contributed by atoms with Crippen molar-refractivity contribution in [3.8, 4) is 0 Å². The highest BCUT2D eigenvalue weighted by atomic mass is 79.9. The molecule has 6 heteroatoms. The number of nitrogens with zero attached hydrogens (tertiary/aromatic N) is 1. The number of rotatable bonds is 4. The smallest absolute Gasteiger partial charge is 0.221 e. The summed E-state index contributed by atoms with van der Waals surface area (Å²) in [4.78, 5) is 11.9. The molecule has 4 nitrogen and oxygen atoms in total. The highest BCUT2D eigenvalue weighted by Gasteiger charge is 2.27. The standard InChI is InChI=1S/C12H14BrNO3S/c13-11-5-3-10(4-6-11)12(15)9-18(16,17)14-7-1-2-8-14/h3-6H,1-2,7-9H2. The van der Waals surface area contributed by atoms with Gasteiger partial charge in [0.15, 0.2) is 5.78 Å². The van der Waals surface area contributed by atoms with Crippen LogP contribution in [-0.2, 0) is 10.0 Å². The van der Waals surface area contributed by atoms with Crippen LogP contribution in [-0.4, -0.2) is 37.3 Å². The molecular weight excluding hydrogens is 318 g/mol. The van der Waals surface area contributed by atoms with Crippen molar-refractivity contribution in [2.24, 2.45) is 0 Å². The summed E-state index contributed by atoms with van der Waals surface area (Å²) in [5.41, 5.74) is 0.431. The Kier molecular flexibility index (Phi) is 4.19. The fourth-order valence-corrected chi connectivity index (χ4v) is 3.70. The lowest BCUT2D eigenvalue weighted by Gasteiger charge is -2.14. The minimum absolute atomic E-state index is 0.352. The van der Waals surface area contributed by atoms with Crippen molar-refractivity contribution in [2.75, 3.05) is 18.8 Å².